The number of carbonyl (C=O) groups excluding carboxylic acids is 1. The normalized spacial score (nSPS) is 18.9. The highest BCUT2D eigenvalue weighted by Crippen LogP contribution is 2.04. The second-order valence-corrected chi connectivity index (χ2v) is 4.03. The van der Waals surface area contributed by atoms with E-state index in [4.69, 9.17) is 0 Å². The van der Waals surface area contributed by atoms with Crippen molar-refractivity contribution in [2.45, 2.75) is 19.4 Å². The van der Waals surface area contributed by atoms with Crippen molar-refractivity contribution in [2.24, 2.45) is 0 Å². The molecule has 1 amide bonds. The van der Waals surface area contributed by atoms with Crippen molar-refractivity contribution in [2.75, 3.05) is 13.1 Å². The van der Waals surface area contributed by atoms with Gasteiger partial charge in [-0.25, -0.2) is 0 Å². The minimum Gasteiger partial charge on any atom is -0.348 e. The van der Waals surface area contributed by atoms with Gasteiger partial charge in [0.25, 0.3) is 5.91 Å². The Morgan fingerprint density at radius 2 is 2.06 bits per heavy atom. The van der Waals surface area contributed by atoms with E-state index in [-0.39, 0.29) is 18.3 Å². The van der Waals surface area contributed by atoms with Gasteiger partial charge in [0, 0.05) is 18.2 Å². The number of hydrogen-bond acceptors (Lipinski definition) is 2. The second kappa shape index (κ2) is 5.87. The SMILES string of the molecule is Cc1ccc(C(=O)NC2CCNC2)cc1.Cl. The maximum atomic E-state index is 11.8. The molecule has 1 heterocycles. The van der Waals surface area contributed by atoms with Crippen LogP contribution in [-0.4, -0.2) is 25.0 Å². The molecule has 0 saturated carbocycles. The molecule has 16 heavy (non-hydrogen) atoms. The van der Waals surface area contributed by atoms with Gasteiger partial charge >= 0.3 is 0 Å². The largest absolute Gasteiger partial charge is 0.348 e. The summed E-state index contributed by atoms with van der Waals surface area (Å²) in [4.78, 5) is 11.8. The van der Waals surface area contributed by atoms with Crippen LogP contribution in [0.15, 0.2) is 24.3 Å². The van der Waals surface area contributed by atoms with Crippen LogP contribution in [0.3, 0.4) is 0 Å². The summed E-state index contributed by atoms with van der Waals surface area (Å²) in [5.41, 5.74) is 1.92. The van der Waals surface area contributed by atoms with E-state index in [1.807, 2.05) is 31.2 Å². The number of nitrogens with one attached hydrogen (secondary N) is 2. The van der Waals surface area contributed by atoms with E-state index >= 15 is 0 Å². The predicted molar refractivity (Wildman–Crippen MR) is 67.2 cm³/mol. The van der Waals surface area contributed by atoms with E-state index in [9.17, 15) is 4.79 Å². The zero-order chi connectivity index (χ0) is 10.7. The van der Waals surface area contributed by atoms with Gasteiger partial charge in [-0.2, -0.15) is 0 Å². The van der Waals surface area contributed by atoms with Crippen LogP contribution in [0.25, 0.3) is 0 Å². The van der Waals surface area contributed by atoms with E-state index in [1.54, 1.807) is 0 Å². The minimum absolute atomic E-state index is 0. The first-order valence-corrected chi connectivity index (χ1v) is 5.34. The molecule has 2 N–H and O–H groups in total. The molecule has 1 unspecified atom stereocenters. The van der Waals surface area contributed by atoms with Gasteiger partial charge in [0.2, 0.25) is 0 Å². The minimum atomic E-state index is 0. The molecule has 0 radical (unpaired) electrons. The van der Waals surface area contributed by atoms with Gasteiger partial charge in [-0.05, 0) is 32.0 Å². The molecule has 1 aromatic rings. The van der Waals surface area contributed by atoms with Gasteiger partial charge in [0.05, 0.1) is 0 Å². The van der Waals surface area contributed by atoms with E-state index < -0.39 is 0 Å². The number of hydrogen-bond donors (Lipinski definition) is 2. The number of benzene rings is 1. The Bertz CT molecular complexity index is 345. The number of rotatable bonds is 2. The maximum Gasteiger partial charge on any atom is 0.251 e. The molecule has 0 bridgehead atoms. The average molecular weight is 241 g/mol. The molecule has 88 valence electrons. The lowest BCUT2D eigenvalue weighted by Crippen LogP contribution is -2.36. The molecule has 0 aromatic heterocycles. The van der Waals surface area contributed by atoms with E-state index in [2.05, 4.69) is 10.6 Å². The van der Waals surface area contributed by atoms with Crippen molar-refractivity contribution < 1.29 is 4.79 Å². The third-order valence-corrected chi connectivity index (χ3v) is 2.71. The Labute approximate surface area is 102 Å². The molecule has 2 rings (SSSR count). The van der Waals surface area contributed by atoms with Gasteiger partial charge in [0.15, 0.2) is 0 Å². The van der Waals surface area contributed by atoms with Crippen molar-refractivity contribution in [1.29, 1.82) is 0 Å². The molecule has 1 aliphatic heterocycles. The first-order valence-electron chi connectivity index (χ1n) is 5.34. The van der Waals surface area contributed by atoms with Crippen LogP contribution in [0.1, 0.15) is 22.3 Å². The Hall–Kier alpha value is -1.06. The van der Waals surface area contributed by atoms with Crippen LogP contribution < -0.4 is 10.6 Å². The van der Waals surface area contributed by atoms with Crippen molar-refractivity contribution >= 4 is 18.3 Å². The van der Waals surface area contributed by atoms with Crippen molar-refractivity contribution in [1.82, 2.24) is 10.6 Å². The van der Waals surface area contributed by atoms with E-state index in [0.29, 0.717) is 6.04 Å². The third-order valence-electron chi connectivity index (χ3n) is 2.71. The summed E-state index contributed by atoms with van der Waals surface area (Å²) < 4.78 is 0. The van der Waals surface area contributed by atoms with Crippen molar-refractivity contribution in [3.8, 4) is 0 Å². The molecular weight excluding hydrogens is 224 g/mol. The Kier molecular flexibility index (Phi) is 4.77. The average Bonchev–Trinajstić information content (AvgIpc) is 2.71. The van der Waals surface area contributed by atoms with Crippen LogP contribution in [0.4, 0.5) is 0 Å². The van der Waals surface area contributed by atoms with Crippen molar-refractivity contribution in [3.05, 3.63) is 35.4 Å². The molecule has 1 aromatic carbocycles. The second-order valence-electron chi connectivity index (χ2n) is 4.03. The summed E-state index contributed by atoms with van der Waals surface area (Å²) in [6.45, 7) is 3.90. The fourth-order valence-electron chi connectivity index (χ4n) is 1.75. The highest BCUT2D eigenvalue weighted by Gasteiger charge is 2.17. The number of amides is 1. The molecule has 1 atom stereocenters. The lowest BCUT2D eigenvalue weighted by Gasteiger charge is -2.11. The van der Waals surface area contributed by atoms with Gasteiger partial charge < -0.3 is 10.6 Å². The summed E-state index contributed by atoms with van der Waals surface area (Å²) in [6.07, 6.45) is 1.03. The zero-order valence-electron chi connectivity index (χ0n) is 9.32. The molecule has 3 nitrogen and oxygen atoms in total. The van der Waals surface area contributed by atoms with Crippen LogP contribution in [-0.2, 0) is 0 Å². The first kappa shape index (κ1) is 13.0. The van der Waals surface area contributed by atoms with Crippen molar-refractivity contribution in [3.63, 3.8) is 0 Å². The predicted octanol–water partition coefficient (Wildman–Crippen LogP) is 1.51. The smallest absolute Gasteiger partial charge is 0.251 e. The highest BCUT2D eigenvalue weighted by molar-refractivity contribution is 5.94. The van der Waals surface area contributed by atoms with Gasteiger partial charge in [0.1, 0.15) is 0 Å². The quantitative estimate of drug-likeness (QED) is 0.823. The van der Waals surface area contributed by atoms with Gasteiger partial charge in [-0.15, -0.1) is 12.4 Å². The molecule has 1 aliphatic rings. The highest BCUT2D eigenvalue weighted by atomic mass is 35.5. The van der Waals surface area contributed by atoms with E-state index in [0.717, 1.165) is 25.1 Å². The molecular formula is C12H17ClN2O. The lowest BCUT2D eigenvalue weighted by atomic mass is 10.1. The Balaban J connectivity index is 0.00000128. The fourth-order valence-corrected chi connectivity index (χ4v) is 1.75. The van der Waals surface area contributed by atoms with E-state index in [1.165, 1.54) is 5.56 Å². The van der Waals surface area contributed by atoms with Crippen LogP contribution in [0.5, 0.6) is 0 Å². The van der Waals surface area contributed by atoms with Crippen LogP contribution in [0, 0.1) is 6.92 Å². The molecule has 1 saturated heterocycles. The number of aryl methyl sites for hydroxylation is 1. The first-order chi connectivity index (χ1) is 7.25. The Morgan fingerprint density at radius 1 is 1.38 bits per heavy atom. The summed E-state index contributed by atoms with van der Waals surface area (Å²) in [5, 5.41) is 6.24. The Morgan fingerprint density at radius 3 is 2.62 bits per heavy atom. The summed E-state index contributed by atoms with van der Waals surface area (Å²) in [6, 6.07) is 7.95. The molecule has 0 spiro atoms. The lowest BCUT2D eigenvalue weighted by molar-refractivity contribution is 0.0940. The number of halogens is 1. The standard InChI is InChI=1S/C12H16N2O.ClH/c1-9-2-4-10(5-3-9)12(15)14-11-6-7-13-8-11;/h2-5,11,13H,6-8H2,1H3,(H,14,15);1H. The molecule has 1 fully saturated rings. The van der Waals surface area contributed by atoms with Gasteiger partial charge in [-0.1, -0.05) is 17.7 Å². The summed E-state index contributed by atoms with van der Waals surface area (Å²) in [7, 11) is 0. The monoisotopic (exact) mass is 240 g/mol. The third kappa shape index (κ3) is 3.22. The van der Waals surface area contributed by atoms with Gasteiger partial charge in [-0.3, -0.25) is 4.79 Å². The summed E-state index contributed by atoms with van der Waals surface area (Å²) >= 11 is 0. The van der Waals surface area contributed by atoms with Crippen LogP contribution in [0.2, 0.25) is 0 Å². The number of carbonyl (C=O) groups is 1. The summed E-state index contributed by atoms with van der Waals surface area (Å²) in [5.74, 6) is 0.0312. The fraction of sp³-hybridized carbons (Fsp3) is 0.417. The maximum absolute atomic E-state index is 11.8. The zero-order valence-corrected chi connectivity index (χ0v) is 10.1. The van der Waals surface area contributed by atoms with Crippen LogP contribution >= 0.6 is 12.4 Å². The molecule has 0 aliphatic carbocycles. The molecule has 4 heteroatoms. The topological polar surface area (TPSA) is 41.1 Å².